The average Bonchev–Trinajstić information content (AvgIpc) is 3.00. The van der Waals surface area contributed by atoms with Gasteiger partial charge < -0.3 is 4.74 Å². The lowest BCUT2D eigenvalue weighted by molar-refractivity contribution is 0.0397. The summed E-state index contributed by atoms with van der Waals surface area (Å²) in [5.41, 5.74) is 0.305. The molecule has 11 heteroatoms. The topological polar surface area (TPSA) is 78.6 Å². The Balaban J connectivity index is 1.98. The van der Waals surface area contributed by atoms with Crippen molar-refractivity contribution < 1.29 is 13.5 Å². The third-order valence-electron chi connectivity index (χ3n) is 2.59. The molecule has 2 heterocycles. The smallest absolute Gasteiger partial charge is 0.350 e. The molecule has 2 aromatic heterocycles. The van der Waals surface area contributed by atoms with Gasteiger partial charge in [-0.1, -0.05) is 28.0 Å². The first-order chi connectivity index (χ1) is 11.0. The highest BCUT2D eigenvalue weighted by atomic mass is 35.5. The second-order valence-corrected chi connectivity index (χ2v) is 5.01. The van der Waals surface area contributed by atoms with E-state index in [9.17, 15) is 8.78 Å². The number of ether oxygens (including phenoxy) is 1. The minimum Gasteiger partial charge on any atom is -0.423 e. The SMILES string of the molecule is FC(F)n1nnc(-c2ccc(Cl)cc2Oc2ncc(Cl)cn2)n1. The zero-order valence-corrected chi connectivity index (χ0v) is 12.6. The lowest BCUT2D eigenvalue weighted by Gasteiger charge is -2.07. The van der Waals surface area contributed by atoms with Crippen molar-refractivity contribution in [2.24, 2.45) is 0 Å². The van der Waals surface area contributed by atoms with Crippen LogP contribution in [0, 0.1) is 0 Å². The van der Waals surface area contributed by atoms with Crippen LogP contribution in [0.1, 0.15) is 6.55 Å². The summed E-state index contributed by atoms with van der Waals surface area (Å²) in [6, 6.07) is 4.51. The predicted molar refractivity (Wildman–Crippen MR) is 76.6 cm³/mol. The van der Waals surface area contributed by atoms with Gasteiger partial charge in [-0.05, 0) is 17.3 Å². The molecule has 0 spiro atoms. The van der Waals surface area contributed by atoms with Gasteiger partial charge in [0.1, 0.15) is 5.75 Å². The average molecular weight is 359 g/mol. The molecular formula is C12H6Cl2F2N6O. The fourth-order valence-corrected chi connectivity index (χ4v) is 1.89. The van der Waals surface area contributed by atoms with E-state index in [0.29, 0.717) is 15.6 Å². The van der Waals surface area contributed by atoms with Crippen molar-refractivity contribution in [2.75, 3.05) is 0 Å². The molecule has 0 fully saturated rings. The van der Waals surface area contributed by atoms with Crippen LogP contribution >= 0.6 is 23.2 Å². The largest absolute Gasteiger partial charge is 0.423 e. The van der Waals surface area contributed by atoms with E-state index in [1.165, 1.54) is 30.6 Å². The van der Waals surface area contributed by atoms with Crippen LogP contribution in [-0.4, -0.2) is 30.2 Å². The van der Waals surface area contributed by atoms with Crippen LogP contribution < -0.4 is 4.74 Å². The number of rotatable bonds is 4. The Morgan fingerprint density at radius 3 is 2.48 bits per heavy atom. The van der Waals surface area contributed by atoms with Gasteiger partial charge in [0.05, 0.1) is 23.0 Å². The molecule has 3 aromatic rings. The molecule has 23 heavy (non-hydrogen) atoms. The Bertz CT molecular complexity index is 827. The van der Waals surface area contributed by atoms with Crippen LogP contribution in [0.25, 0.3) is 11.4 Å². The second kappa shape index (κ2) is 6.39. The fraction of sp³-hybridized carbons (Fsp3) is 0.0833. The first-order valence-electron chi connectivity index (χ1n) is 6.06. The Hall–Kier alpha value is -2.39. The van der Waals surface area contributed by atoms with E-state index in [1.54, 1.807) is 0 Å². The lowest BCUT2D eigenvalue weighted by atomic mass is 10.2. The fourth-order valence-electron chi connectivity index (χ4n) is 1.63. The number of tetrazole rings is 1. The molecule has 0 aliphatic rings. The van der Waals surface area contributed by atoms with Crippen LogP contribution in [0.5, 0.6) is 11.8 Å². The van der Waals surface area contributed by atoms with E-state index < -0.39 is 6.55 Å². The quantitative estimate of drug-likeness (QED) is 0.708. The van der Waals surface area contributed by atoms with Gasteiger partial charge in [0, 0.05) is 11.1 Å². The van der Waals surface area contributed by atoms with Crippen molar-refractivity contribution in [3.05, 3.63) is 40.6 Å². The maximum absolute atomic E-state index is 12.6. The first kappa shape index (κ1) is 15.5. The van der Waals surface area contributed by atoms with E-state index in [2.05, 4.69) is 25.4 Å². The van der Waals surface area contributed by atoms with Crippen LogP contribution in [0.2, 0.25) is 10.0 Å². The molecule has 0 amide bonds. The standard InChI is InChI=1S/C12H6Cl2F2N6O/c13-6-1-2-8(10-19-21-22(20-10)11(15)16)9(3-6)23-12-17-4-7(14)5-18-12/h1-5,11H. The molecule has 0 aliphatic carbocycles. The van der Waals surface area contributed by atoms with E-state index in [1.807, 2.05) is 0 Å². The van der Waals surface area contributed by atoms with Crippen molar-refractivity contribution >= 4 is 23.2 Å². The highest BCUT2D eigenvalue weighted by Gasteiger charge is 2.17. The van der Waals surface area contributed by atoms with E-state index in [-0.39, 0.29) is 22.4 Å². The molecule has 0 aliphatic heterocycles. The van der Waals surface area contributed by atoms with Crippen molar-refractivity contribution in [2.45, 2.75) is 6.55 Å². The van der Waals surface area contributed by atoms with Gasteiger partial charge in [-0.3, -0.25) is 0 Å². The molecule has 7 nitrogen and oxygen atoms in total. The summed E-state index contributed by atoms with van der Waals surface area (Å²) in [5.74, 6) is 0.138. The summed E-state index contributed by atoms with van der Waals surface area (Å²) in [7, 11) is 0. The number of benzene rings is 1. The van der Waals surface area contributed by atoms with Crippen molar-refractivity contribution in [3.8, 4) is 23.1 Å². The van der Waals surface area contributed by atoms with E-state index >= 15 is 0 Å². The molecule has 3 rings (SSSR count). The second-order valence-electron chi connectivity index (χ2n) is 4.14. The summed E-state index contributed by atoms with van der Waals surface area (Å²) < 4.78 is 30.6. The number of hydrogen-bond acceptors (Lipinski definition) is 6. The molecule has 0 bridgehead atoms. The summed E-state index contributed by atoms with van der Waals surface area (Å²) in [4.78, 5) is 7.95. The van der Waals surface area contributed by atoms with Crippen molar-refractivity contribution in [3.63, 3.8) is 0 Å². The number of alkyl halides is 2. The first-order valence-corrected chi connectivity index (χ1v) is 6.81. The van der Waals surface area contributed by atoms with Gasteiger partial charge >= 0.3 is 12.6 Å². The van der Waals surface area contributed by atoms with Gasteiger partial charge in [-0.2, -0.15) is 8.78 Å². The molecule has 118 valence electrons. The number of nitrogens with zero attached hydrogens (tertiary/aromatic N) is 6. The maximum Gasteiger partial charge on any atom is 0.350 e. The highest BCUT2D eigenvalue weighted by Crippen LogP contribution is 2.32. The third kappa shape index (κ3) is 3.51. The Labute approximate surface area is 137 Å². The normalized spacial score (nSPS) is 11.0. The van der Waals surface area contributed by atoms with Crippen molar-refractivity contribution in [1.29, 1.82) is 0 Å². The minimum absolute atomic E-state index is 0.000770. The van der Waals surface area contributed by atoms with Gasteiger partial charge in [0.2, 0.25) is 5.82 Å². The maximum atomic E-state index is 12.6. The molecule has 1 aromatic carbocycles. The van der Waals surface area contributed by atoms with Gasteiger partial charge in [0.15, 0.2) is 0 Å². The molecule has 0 N–H and O–H groups in total. The van der Waals surface area contributed by atoms with E-state index in [4.69, 9.17) is 27.9 Å². The van der Waals surface area contributed by atoms with Crippen molar-refractivity contribution in [1.82, 2.24) is 30.2 Å². The third-order valence-corrected chi connectivity index (χ3v) is 3.02. The Kier molecular flexibility index (Phi) is 4.30. The Morgan fingerprint density at radius 1 is 1.09 bits per heavy atom. The molecule has 0 saturated carbocycles. The predicted octanol–water partition coefficient (Wildman–Crippen LogP) is 3.62. The summed E-state index contributed by atoms with van der Waals surface area (Å²) in [6.07, 6.45) is 2.69. The van der Waals surface area contributed by atoms with Crippen LogP contribution in [0.4, 0.5) is 8.78 Å². The number of hydrogen-bond donors (Lipinski definition) is 0. The van der Waals surface area contributed by atoms with Gasteiger partial charge in [-0.25, -0.2) is 9.97 Å². The molecule has 0 unspecified atom stereocenters. The van der Waals surface area contributed by atoms with Gasteiger partial charge in [0.25, 0.3) is 0 Å². The summed E-state index contributed by atoms with van der Waals surface area (Å²) in [6.45, 7) is -2.90. The zero-order chi connectivity index (χ0) is 16.4. The lowest BCUT2D eigenvalue weighted by Crippen LogP contribution is -2.02. The summed E-state index contributed by atoms with van der Waals surface area (Å²) >= 11 is 11.6. The minimum atomic E-state index is -2.90. The molecule has 0 radical (unpaired) electrons. The Morgan fingerprint density at radius 2 is 1.83 bits per heavy atom. The monoisotopic (exact) mass is 358 g/mol. The molecular weight excluding hydrogens is 353 g/mol. The number of aromatic nitrogens is 6. The van der Waals surface area contributed by atoms with E-state index in [0.717, 1.165) is 0 Å². The molecule has 0 saturated heterocycles. The van der Waals surface area contributed by atoms with Crippen LogP contribution in [0.3, 0.4) is 0 Å². The summed E-state index contributed by atoms with van der Waals surface area (Å²) in [5, 5.41) is 11.1. The van der Waals surface area contributed by atoms with Crippen LogP contribution in [0.15, 0.2) is 30.6 Å². The molecule has 0 atom stereocenters. The zero-order valence-electron chi connectivity index (χ0n) is 11.1. The highest BCUT2D eigenvalue weighted by molar-refractivity contribution is 6.31. The number of halogens is 4. The van der Waals surface area contributed by atoms with Crippen LogP contribution in [-0.2, 0) is 0 Å². The van der Waals surface area contributed by atoms with Gasteiger partial charge in [-0.15, -0.1) is 10.2 Å².